The Hall–Kier alpha value is -1.35. The highest BCUT2D eigenvalue weighted by Crippen LogP contribution is 2.48. The molecular formula is C13H13ClFNO. The quantitative estimate of drug-likeness (QED) is 0.878. The maximum Gasteiger partial charge on any atom is 0.230 e. The summed E-state index contributed by atoms with van der Waals surface area (Å²) in [6.45, 7) is 3.78. The topological polar surface area (TPSA) is 29.1 Å². The van der Waals surface area contributed by atoms with Crippen molar-refractivity contribution in [3.63, 3.8) is 0 Å². The van der Waals surface area contributed by atoms with Gasteiger partial charge in [0.1, 0.15) is 5.82 Å². The van der Waals surface area contributed by atoms with Gasteiger partial charge in [-0.1, -0.05) is 30.3 Å². The maximum atomic E-state index is 12.8. The Balaban J connectivity index is 2.11. The average molecular weight is 254 g/mol. The molecule has 0 saturated heterocycles. The zero-order valence-corrected chi connectivity index (χ0v) is 10.1. The van der Waals surface area contributed by atoms with E-state index in [0.29, 0.717) is 5.03 Å². The fourth-order valence-corrected chi connectivity index (χ4v) is 1.95. The van der Waals surface area contributed by atoms with Crippen LogP contribution in [0.5, 0.6) is 0 Å². The number of hydrogen-bond donors (Lipinski definition) is 1. The van der Waals surface area contributed by atoms with Gasteiger partial charge in [0.15, 0.2) is 0 Å². The van der Waals surface area contributed by atoms with Crippen LogP contribution >= 0.6 is 11.6 Å². The second-order valence-electron chi connectivity index (χ2n) is 4.29. The molecule has 0 heterocycles. The van der Waals surface area contributed by atoms with Gasteiger partial charge in [-0.2, -0.15) is 0 Å². The number of hydrogen-bond acceptors (Lipinski definition) is 1. The predicted octanol–water partition coefficient (Wildman–Crippen LogP) is 2.73. The molecule has 0 unspecified atom stereocenters. The first-order valence-corrected chi connectivity index (χ1v) is 5.80. The van der Waals surface area contributed by atoms with E-state index in [-0.39, 0.29) is 18.3 Å². The van der Waals surface area contributed by atoms with Crippen LogP contribution in [0.1, 0.15) is 18.4 Å². The molecular weight excluding hydrogens is 241 g/mol. The lowest BCUT2D eigenvalue weighted by Gasteiger charge is -2.15. The third kappa shape index (κ3) is 2.50. The molecule has 1 saturated carbocycles. The van der Waals surface area contributed by atoms with E-state index in [4.69, 9.17) is 11.6 Å². The van der Waals surface area contributed by atoms with Crippen molar-refractivity contribution in [2.75, 3.05) is 6.54 Å². The van der Waals surface area contributed by atoms with Crippen molar-refractivity contribution in [3.05, 3.63) is 47.3 Å². The molecule has 17 heavy (non-hydrogen) atoms. The summed E-state index contributed by atoms with van der Waals surface area (Å²) in [5.41, 5.74) is 0.372. The van der Waals surface area contributed by atoms with Crippen molar-refractivity contribution in [2.45, 2.75) is 18.3 Å². The second kappa shape index (κ2) is 4.49. The summed E-state index contributed by atoms with van der Waals surface area (Å²) >= 11 is 5.60. The third-order valence-electron chi connectivity index (χ3n) is 3.02. The lowest BCUT2D eigenvalue weighted by molar-refractivity contribution is -0.123. The number of benzene rings is 1. The molecule has 1 aliphatic carbocycles. The van der Waals surface area contributed by atoms with Crippen LogP contribution in [0.3, 0.4) is 0 Å². The number of amides is 1. The largest absolute Gasteiger partial charge is 0.350 e. The molecule has 1 aromatic rings. The molecule has 2 rings (SSSR count). The van der Waals surface area contributed by atoms with E-state index in [9.17, 15) is 9.18 Å². The molecule has 1 aromatic carbocycles. The molecule has 90 valence electrons. The van der Waals surface area contributed by atoms with Crippen LogP contribution in [0, 0.1) is 5.82 Å². The van der Waals surface area contributed by atoms with E-state index >= 15 is 0 Å². The first-order chi connectivity index (χ1) is 8.04. The van der Waals surface area contributed by atoms with Crippen molar-refractivity contribution in [1.29, 1.82) is 0 Å². The Morgan fingerprint density at radius 2 is 2.00 bits per heavy atom. The van der Waals surface area contributed by atoms with E-state index in [1.807, 2.05) is 0 Å². The second-order valence-corrected chi connectivity index (χ2v) is 4.82. The van der Waals surface area contributed by atoms with Crippen molar-refractivity contribution in [2.24, 2.45) is 0 Å². The van der Waals surface area contributed by atoms with Crippen LogP contribution < -0.4 is 5.32 Å². The Morgan fingerprint density at radius 3 is 2.47 bits per heavy atom. The molecule has 0 spiro atoms. The monoisotopic (exact) mass is 253 g/mol. The zero-order chi connectivity index (χ0) is 12.5. The summed E-state index contributed by atoms with van der Waals surface area (Å²) in [7, 11) is 0. The van der Waals surface area contributed by atoms with Gasteiger partial charge < -0.3 is 5.32 Å². The number of carbonyl (C=O) groups excluding carboxylic acids is 1. The SMILES string of the molecule is C=C(Cl)CNC(=O)C1(c2ccc(F)cc2)CC1. The summed E-state index contributed by atoms with van der Waals surface area (Å²) in [4.78, 5) is 12.0. The van der Waals surface area contributed by atoms with Gasteiger partial charge in [-0.05, 0) is 30.5 Å². The lowest BCUT2D eigenvalue weighted by Crippen LogP contribution is -2.35. The minimum absolute atomic E-state index is 0.0640. The fraction of sp³-hybridized carbons (Fsp3) is 0.308. The van der Waals surface area contributed by atoms with Gasteiger partial charge in [-0.15, -0.1) is 0 Å². The highest BCUT2D eigenvalue weighted by atomic mass is 35.5. The van der Waals surface area contributed by atoms with E-state index in [1.54, 1.807) is 12.1 Å². The molecule has 1 amide bonds. The smallest absolute Gasteiger partial charge is 0.230 e. The van der Waals surface area contributed by atoms with E-state index in [1.165, 1.54) is 12.1 Å². The summed E-state index contributed by atoms with van der Waals surface area (Å²) in [5, 5.41) is 3.13. The minimum Gasteiger partial charge on any atom is -0.350 e. The summed E-state index contributed by atoms with van der Waals surface area (Å²) in [6, 6.07) is 6.08. The normalized spacial score (nSPS) is 16.4. The van der Waals surface area contributed by atoms with Crippen LogP contribution in [-0.4, -0.2) is 12.5 Å². The van der Waals surface area contributed by atoms with Crippen molar-refractivity contribution in [3.8, 4) is 0 Å². The average Bonchev–Trinajstić information content (AvgIpc) is 3.08. The molecule has 0 atom stereocenters. The van der Waals surface area contributed by atoms with Gasteiger partial charge in [0, 0.05) is 5.03 Å². The molecule has 1 fully saturated rings. The third-order valence-corrected chi connectivity index (χ3v) is 3.16. The Bertz CT molecular complexity index is 451. The number of nitrogens with one attached hydrogen (secondary N) is 1. The van der Waals surface area contributed by atoms with Crippen LogP contribution in [-0.2, 0) is 10.2 Å². The van der Waals surface area contributed by atoms with E-state index in [2.05, 4.69) is 11.9 Å². The molecule has 1 aliphatic rings. The fourth-order valence-electron chi connectivity index (χ4n) is 1.89. The van der Waals surface area contributed by atoms with Gasteiger partial charge in [0.2, 0.25) is 5.91 Å². The number of halogens is 2. The Morgan fingerprint density at radius 1 is 1.41 bits per heavy atom. The standard InChI is InChI=1S/C13H13ClFNO/c1-9(14)8-16-12(17)13(6-7-13)10-2-4-11(15)5-3-10/h2-5H,1,6-8H2,(H,16,17). The molecule has 0 bridgehead atoms. The number of rotatable bonds is 4. The minimum atomic E-state index is -0.486. The molecule has 4 heteroatoms. The Labute approximate surface area is 104 Å². The highest BCUT2D eigenvalue weighted by Gasteiger charge is 2.51. The van der Waals surface area contributed by atoms with E-state index in [0.717, 1.165) is 18.4 Å². The predicted molar refractivity (Wildman–Crippen MR) is 65.3 cm³/mol. The molecule has 0 aromatic heterocycles. The van der Waals surface area contributed by atoms with Crippen LogP contribution in [0.4, 0.5) is 4.39 Å². The van der Waals surface area contributed by atoms with Gasteiger partial charge >= 0.3 is 0 Å². The van der Waals surface area contributed by atoms with Gasteiger partial charge in [0.05, 0.1) is 12.0 Å². The maximum absolute atomic E-state index is 12.8. The first kappa shape index (κ1) is 12.1. The van der Waals surface area contributed by atoms with Crippen LogP contribution in [0.2, 0.25) is 0 Å². The van der Waals surface area contributed by atoms with Crippen molar-refractivity contribution in [1.82, 2.24) is 5.32 Å². The zero-order valence-electron chi connectivity index (χ0n) is 9.30. The van der Waals surface area contributed by atoms with Crippen LogP contribution in [0.25, 0.3) is 0 Å². The summed E-state index contributed by atoms with van der Waals surface area (Å²) in [5.74, 6) is -0.356. The highest BCUT2D eigenvalue weighted by molar-refractivity contribution is 6.29. The molecule has 0 radical (unpaired) electrons. The van der Waals surface area contributed by atoms with Crippen LogP contribution in [0.15, 0.2) is 35.9 Å². The molecule has 1 N–H and O–H groups in total. The van der Waals surface area contributed by atoms with E-state index < -0.39 is 5.41 Å². The van der Waals surface area contributed by atoms with Crippen molar-refractivity contribution < 1.29 is 9.18 Å². The molecule has 2 nitrogen and oxygen atoms in total. The summed E-state index contributed by atoms with van der Waals surface area (Å²) < 4.78 is 12.8. The Kier molecular flexibility index (Phi) is 3.20. The summed E-state index contributed by atoms with van der Waals surface area (Å²) in [6.07, 6.45) is 1.58. The first-order valence-electron chi connectivity index (χ1n) is 5.42. The van der Waals surface area contributed by atoms with Crippen molar-refractivity contribution >= 4 is 17.5 Å². The molecule has 0 aliphatic heterocycles. The lowest BCUT2D eigenvalue weighted by atomic mass is 9.95. The van der Waals surface area contributed by atoms with Gasteiger partial charge in [-0.25, -0.2) is 4.39 Å². The number of carbonyl (C=O) groups is 1. The van der Waals surface area contributed by atoms with Gasteiger partial charge in [0.25, 0.3) is 0 Å². The van der Waals surface area contributed by atoms with Gasteiger partial charge in [-0.3, -0.25) is 4.79 Å².